The van der Waals surface area contributed by atoms with Crippen molar-refractivity contribution in [3.05, 3.63) is 40.2 Å². The van der Waals surface area contributed by atoms with E-state index in [0.717, 1.165) is 21.1 Å². The number of rotatable bonds is 2. The highest BCUT2D eigenvalue weighted by atomic mass is 32.1. The maximum Gasteiger partial charge on any atom is 0.126 e. The average molecular weight is 278 g/mol. The summed E-state index contributed by atoms with van der Waals surface area (Å²) in [5.41, 5.74) is 8.22. The first-order valence-corrected chi connectivity index (χ1v) is 7.11. The van der Waals surface area contributed by atoms with Crippen LogP contribution in [0.25, 0.3) is 10.6 Å². The molecule has 0 aliphatic heterocycles. The predicted molar refractivity (Wildman–Crippen MR) is 78.8 cm³/mol. The third kappa shape index (κ3) is 2.85. The number of thiazole rings is 1. The highest BCUT2D eigenvalue weighted by Gasteiger charge is 2.23. The molecular weight excluding hydrogens is 259 g/mol. The molecule has 0 atom stereocenters. The molecule has 2 nitrogen and oxygen atoms in total. The molecular formula is C15H19FN2S. The Balaban J connectivity index is 2.51. The Morgan fingerprint density at radius 1 is 1.32 bits per heavy atom. The first kappa shape index (κ1) is 14.2. The van der Waals surface area contributed by atoms with Crippen molar-refractivity contribution in [3.63, 3.8) is 0 Å². The smallest absolute Gasteiger partial charge is 0.126 e. The van der Waals surface area contributed by atoms with Gasteiger partial charge in [-0.3, -0.25) is 0 Å². The van der Waals surface area contributed by atoms with Crippen molar-refractivity contribution in [1.29, 1.82) is 0 Å². The Hall–Kier alpha value is -1.26. The molecule has 4 heteroatoms. The van der Waals surface area contributed by atoms with Crippen LogP contribution in [-0.2, 0) is 12.0 Å². The normalized spacial score (nSPS) is 11.9. The molecule has 0 unspecified atom stereocenters. The lowest BCUT2D eigenvalue weighted by molar-refractivity contribution is 0.567. The van der Waals surface area contributed by atoms with Crippen molar-refractivity contribution < 1.29 is 4.39 Å². The Kier molecular flexibility index (Phi) is 3.74. The first-order valence-electron chi connectivity index (χ1n) is 6.29. The number of nitrogens with two attached hydrogens (primary N) is 1. The first-order chi connectivity index (χ1) is 8.82. The zero-order chi connectivity index (χ0) is 14.2. The van der Waals surface area contributed by atoms with Crippen LogP contribution in [0.2, 0.25) is 0 Å². The highest BCUT2D eigenvalue weighted by Crippen LogP contribution is 2.34. The molecule has 0 radical (unpaired) electrons. The summed E-state index contributed by atoms with van der Waals surface area (Å²) in [5, 5.41) is 0.837. The molecule has 19 heavy (non-hydrogen) atoms. The molecule has 2 rings (SSSR count). The third-order valence-corrected chi connectivity index (χ3v) is 4.14. The lowest BCUT2D eigenvalue weighted by atomic mass is 9.91. The molecule has 102 valence electrons. The van der Waals surface area contributed by atoms with E-state index < -0.39 is 0 Å². The highest BCUT2D eigenvalue weighted by molar-refractivity contribution is 7.15. The second-order valence-electron chi connectivity index (χ2n) is 5.71. The van der Waals surface area contributed by atoms with Crippen molar-refractivity contribution in [1.82, 2.24) is 4.98 Å². The molecule has 0 bridgehead atoms. The fraction of sp³-hybridized carbons (Fsp3) is 0.400. The standard InChI is InChI=1S/C15H19FN2S/c1-9-5-6-10(7-11(9)16)14-18-13(15(2,3)4)12(8-17)19-14/h5-7H,8,17H2,1-4H3. The molecule has 2 aromatic rings. The summed E-state index contributed by atoms with van der Waals surface area (Å²) < 4.78 is 13.6. The summed E-state index contributed by atoms with van der Waals surface area (Å²) >= 11 is 1.55. The minimum Gasteiger partial charge on any atom is -0.326 e. The molecule has 2 N–H and O–H groups in total. The molecule has 0 spiro atoms. The summed E-state index contributed by atoms with van der Waals surface area (Å²) in [7, 11) is 0. The van der Waals surface area contributed by atoms with Gasteiger partial charge in [0.1, 0.15) is 10.8 Å². The molecule has 0 aliphatic rings. The van der Waals surface area contributed by atoms with Crippen LogP contribution in [0.3, 0.4) is 0 Å². The summed E-state index contributed by atoms with van der Waals surface area (Å²) in [6.45, 7) is 8.56. The monoisotopic (exact) mass is 278 g/mol. The van der Waals surface area contributed by atoms with Crippen LogP contribution >= 0.6 is 11.3 Å². The van der Waals surface area contributed by atoms with Gasteiger partial charge in [0.15, 0.2) is 0 Å². The molecule has 1 heterocycles. The van der Waals surface area contributed by atoms with Gasteiger partial charge in [-0.25, -0.2) is 9.37 Å². The van der Waals surface area contributed by atoms with E-state index in [9.17, 15) is 4.39 Å². The van der Waals surface area contributed by atoms with Gasteiger partial charge in [-0.05, 0) is 18.6 Å². The maximum atomic E-state index is 13.6. The van der Waals surface area contributed by atoms with Gasteiger partial charge in [0.25, 0.3) is 0 Å². The van der Waals surface area contributed by atoms with Crippen LogP contribution in [0.1, 0.15) is 36.9 Å². The summed E-state index contributed by atoms with van der Waals surface area (Å²) in [5.74, 6) is -0.195. The number of hydrogen-bond donors (Lipinski definition) is 1. The molecule has 0 fully saturated rings. The van der Waals surface area contributed by atoms with Crippen LogP contribution in [0, 0.1) is 12.7 Å². The van der Waals surface area contributed by atoms with Crippen molar-refractivity contribution in [2.75, 3.05) is 0 Å². The van der Waals surface area contributed by atoms with E-state index in [1.54, 1.807) is 30.4 Å². The average Bonchev–Trinajstić information content (AvgIpc) is 2.76. The van der Waals surface area contributed by atoms with Gasteiger partial charge in [-0.1, -0.05) is 32.9 Å². The number of nitrogens with zero attached hydrogens (tertiary/aromatic N) is 1. The van der Waals surface area contributed by atoms with Gasteiger partial charge >= 0.3 is 0 Å². The number of aryl methyl sites for hydroxylation is 1. The van der Waals surface area contributed by atoms with E-state index in [0.29, 0.717) is 12.1 Å². The fourth-order valence-corrected chi connectivity index (χ4v) is 3.07. The zero-order valence-electron chi connectivity index (χ0n) is 11.7. The third-order valence-electron chi connectivity index (χ3n) is 3.01. The van der Waals surface area contributed by atoms with Crippen LogP contribution in [0.4, 0.5) is 4.39 Å². The van der Waals surface area contributed by atoms with Gasteiger partial charge in [0.05, 0.1) is 5.69 Å². The maximum absolute atomic E-state index is 13.6. The van der Waals surface area contributed by atoms with Gasteiger partial charge in [0.2, 0.25) is 0 Å². The minimum absolute atomic E-state index is 0.0489. The minimum atomic E-state index is -0.195. The van der Waals surface area contributed by atoms with E-state index in [-0.39, 0.29) is 11.2 Å². The van der Waals surface area contributed by atoms with Gasteiger partial charge in [-0.15, -0.1) is 11.3 Å². The number of halogens is 1. The SMILES string of the molecule is Cc1ccc(-c2nc(C(C)(C)C)c(CN)s2)cc1F. The van der Waals surface area contributed by atoms with Crippen molar-refractivity contribution >= 4 is 11.3 Å². The van der Waals surface area contributed by atoms with Crippen LogP contribution in [0.15, 0.2) is 18.2 Å². The van der Waals surface area contributed by atoms with E-state index in [2.05, 4.69) is 25.8 Å². The molecule has 1 aromatic heterocycles. The number of hydrogen-bond acceptors (Lipinski definition) is 3. The lowest BCUT2D eigenvalue weighted by Gasteiger charge is -2.16. The topological polar surface area (TPSA) is 38.9 Å². The largest absolute Gasteiger partial charge is 0.326 e. The summed E-state index contributed by atoms with van der Waals surface area (Å²) in [4.78, 5) is 5.74. The fourth-order valence-electron chi connectivity index (χ4n) is 1.93. The van der Waals surface area contributed by atoms with E-state index in [1.165, 1.54) is 0 Å². The van der Waals surface area contributed by atoms with Crippen LogP contribution in [0.5, 0.6) is 0 Å². The van der Waals surface area contributed by atoms with Crippen molar-refractivity contribution in [2.45, 2.75) is 39.7 Å². The molecule has 0 amide bonds. The summed E-state index contributed by atoms with van der Waals surface area (Å²) in [6.07, 6.45) is 0. The van der Waals surface area contributed by atoms with Crippen molar-refractivity contribution in [2.24, 2.45) is 5.73 Å². The van der Waals surface area contributed by atoms with Gasteiger partial charge in [-0.2, -0.15) is 0 Å². The summed E-state index contributed by atoms with van der Waals surface area (Å²) in [6, 6.07) is 5.23. The molecule has 0 aliphatic carbocycles. The Morgan fingerprint density at radius 2 is 2.00 bits per heavy atom. The lowest BCUT2D eigenvalue weighted by Crippen LogP contribution is -2.15. The number of benzene rings is 1. The van der Waals surface area contributed by atoms with E-state index in [4.69, 9.17) is 5.73 Å². The molecule has 1 aromatic carbocycles. The predicted octanol–water partition coefficient (Wildman–Crippen LogP) is 4.01. The molecule has 0 saturated heterocycles. The van der Waals surface area contributed by atoms with Gasteiger partial charge < -0.3 is 5.73 Å². The van der Waals surface area contributed by atoms with Crippen molar-refractivity contribution in [3.8, 4) is 10.6 Å². The Labute approximate surface area is 117 Å². The zero-order valence-corrected chi connectivity index (χ0v) is 12.6. The number of aromatic nitrogens is 1. The van der Waals surface area contributed by atoms with Gasteiger partial charge in [0, 0.05) is 22.4 Å². The quantitative estimate of drug-likeness (QED) is 0.901. The second kappa shape index (κ2) is 5.02. The van der Waals surface area contributed by atoms with E-state index in [1.807, 2.05) is 6.07 Å². The van der Waals surface area contributed by atoms with Crippen LogP contribution < -0.4 is 5.73 Å². The Bertz CT molecular complexity index is 597. The van der Waals surface area contributed by atoms with Crippen LogP contribution in [-0.4, -0.2) is 4.98 Å². The second-order valence-corrected chi connectivity index (χ2v) is 6.79. The molecule has 0 saturated carbocycles. The Morgan fingerprint density at radius 3 is 2.47 bits per heavy atom. The van der Waals surface area contributed by atoms with E-state index >= 15 is 0 Å².